The van der Waals surface area contributed by atoms with Crippen LogP contribution in [-0.2, 0) is 0 Å². The van der Waals surface area contributed by atoms with Gasteiger partial charge in [0.05, 0.1) is 11.1 Å². The van der Waals surface area contributed by atoms with Crippen LogP contribution in [-0.4, -0.2) is 15.1 Å². The van der Waals surface area contributed by atoms with Crippen molar-refractivity contribution in [2.45, 2.75) is 0 Å². The molecule has 1 aromatic carbocycles. The topological polar surface area (TPSA) is 71.8 Å². The summed E-state index contributed by atoms with van der Waals surface area (Å²) in [6.07, 6.45) is 3.32. The number of halogens is 1. The maximum absolute atomic E-state index is 10.5. The van der Waals surface area contributed by atoms with Gasteiger partial charge in [0.15, 0.2) is 0 Å². The second-order valence-corrected chi connectivity index (χ2v) is 2.79. The van der Waals surface area contributed by atoms with Gasteiger partial charge in [-0.1, -0.05) is 12.1 Å². The minimum Gasteiger partial charge on any atom is -0.285 e. The lowest BCUT2D eigenvalue weighted by Gasteiger charge is -1.95. The Morgan fingerprint density at radius 1 is 1.33 bits per heavy atom. The van der Waals surface area contributed by atoms with Crippen molar-refractivity contribution in [3.8, 4) is 11.1 Å². The van der Waals surface area contributed by atoms with Crippen LogP contribution in [0.15, 0.2) is 36.7 Å². The van der Waals surface area contributed by atoms with Gasteiger partial charge >= 0.3 is 0 Å². The van der Waals surface area contributed by atoms with Gasteiger partial charge in [-0.15, -0.1) is 12.4 Å². The van der Waals surface area contributed by atoms with Crippen LogP contribution < -0.4 is 0 Å². The molecule has 0 aliphatic rings. The second-order valence-electron chi connectivity index (χ2n) is 2.79. The summed E-state index contributed by atoms with van der Waals surface area (Å²) in [5.41, 5.74) is 1.71. The number of aromatic amines is 1. The van der Waals surface area contributed by atoms with E-state index in [0.717, 1.165) is 11.1 Å². The summed E-state index contributed by atoms with van der Waals surface area (Å²) in [7, 11) is 0. The molecule has 0 fully saturated rings. The van der Waals surface area contributed by atoms with Crippen LogP contribution in [0.25, 0.3) is 11.1 Å². The molecule has 1 N–H and O–H groups in total. The summed E-state index contributed by atoms with van der Waals surface area (Å²) in [5.74, 6) is 0. The largest absolute Gasteiger partial charge is 0.285 e. The first kappa shape index (κ1) is 11.2. The molecule has 0 atom stereocenters. The number of aromatic nitrogens is 2. The molecule has 78 valence electrons. The molecule has 0 radical (unpaired) electrons. The fourth-order valence-corrected chi connectivity index (χ4v) is 1.21. The number of nitrogens with one attached hydrogen (secondary N) is 1. The van der Waals surface area contributed by atoms with E-state index in [9.17, 15) is 10.1 Å². The summed E-state index contributed by atoms with van der Waals surface area (Å²) in [6, 6.07) is 6.44. The predicted octanol–water partition coefficient (Wildman–Crippen LogP) is 2.41. The van der Waals surface area contributed by atoms with Crippen LogP contribution in [0.4, 0.5) is 5.69 Å². The van der Waals surface area contributed by atoms with Crippen LogP contribution >= 0.6 is 12.4 Å². The predicted molar refractivity (Wildman–Crippen MR) is 57.9 cm³/mol. The quantitative estimate of drug-likeness (QED) is 0.630. The summed E-state index contributed by atoms with van der Waals surface area (Å²) < 4.78 is 0. The number of benzene rings is 1. The average molecular weight is 226 g/mol. The molecule has 0 aliphatic heterocycles. The number of nitro benzene ring substituents is 1. The van der Waals surface area contributed by atoms with Crippen molar-refractivity contribution >= 4 is 18.1 Å². The van der Waals surface area contributed by atoms with E-state index < -0.39 is 4.92 Å². The first-order valence-electron chi connectivity index (χ1n) is 4.01. The van der Waals surface area contributed by atoms with E-state index in [1.807, 2.05) is 0 Å². The molecule has 1 aromatic heterocycles. The Kier molecular flexibility index (Phi) is 3.41. The van der Waals surface area contributed by atoms with E-state index >= 15 is 0 Å². The molecule has 0 amide bonds. The minimum absolute atomic E-state index is 0. The Hall–Kier alpha value is -1.88. The third-order valence-electron chi connectivity index (χ3n) is 1.89. The van der Waals surface area contributed by atoms with Gasteiger partial charge < -0.3 is 0 Å². The van der Waals surface area contributed by atoms with Gasteiger partial charge in [0, 0.05) is 23.9 Å². The molecule has 15 heavy (non-hydrogen) atoms. The molecular weight excluding hydrogens is 218 g/mol. The van der Waals surface area contributed by atoms with Gasteiger partial charge in [0.25, 0.3) is 5.69 Å². The highest BCUT2D eigenvalue weighted by molar-refractivity contribution is 5.85. The highest BCUT2D eigenvalue weighted by Gasteiger charge is 2.06. The summed E-state index contributed by atoms with van der Waals surface area (Å²) in [4.78, 5) is 10.1. The Morgan fingerprint density at radius 3 is 2.73 bits per heavy atom. The van der Waals surface area contributed by atoms with Gasteiger partial charge in [-0.2, -0.15) is 5.10 Å². The number of nitro groups is 1. The van der Waals surface area contributed by atoms with E-state index in [1.54, 1.807) is 24.5 Å². The van der Waals surface area contributed by atoms with Gasteiger partial charge in [-0.25, -0.2) is 0 Å². The van der Waals surface area contributed by atoms with Crippen LogP contribution in [0.2, 0.25) is 0 Å². The standard InChI is InChI=1S/C9H7N3O2.ClH/c13-12(14)9-3-1-2-7(4-9)8-5-10-11-6-8;/h1-6H,(H,10,11);1H. The Labute approximate surface area is 91.7 Å². The molecule has 0 aliphatic carbocycles. The zero-order chi connectivity index (χ0) is 9.97. The van der Waals surface area contributed by atoms with E-state index in [0.29, 0.717) is 0 Å². The SMILES string of the molecule is Cl.O=[N+]([O-])c1cccc(-c2cn[nH]c2)c1. The normalized spacial score (nSPS) is 9.33. The molecule has 0 saturated carbocycles. The zero-order valence-corrected chi connectivity index (χ0v) is 8.40. The summed E-state index contributed by atoms with van der Waals surface area (Å²) in [6.45, 7) is 0. The minimum atomic E-state index is -0.413. The Morgan fingerprint density at radius 2 is 2.13 bits per heavy atom. The third-order valence-corrected chi connectivity index (χ3v) is 1.89. The highest BCUT2D eigenvalue weighted by Crippen LogP contribution is 2.22. The van der Waals surface area contributed by atoms with Gasteiger partial charge in [-0.3, -0.25) is 15.2 Å². The molecule has 0 bridgehead atoms. The maximum Gasteiger partial charge on any atom is 0.270 e. The maximum atomic E-state index is 10.5. The van der Waals surface area contributed by atoms with Crippen LogP contribution in [0.3, 0.4) is 0 Å². The number of hydrogen-bond donors (Lipinski definition) is 1. The molecule has 2 aromatic rings. The van der Waals surface area contributed by atoms with E-state index in [-0.39, 0.29) is 18.1 Å². The summed E-state index contributed by atoms with van der Waals surface area (Å²) in [5, 5.41) is 16.9. The third kappa shape index (κ3) is 2.32. The van der Waals surface area contributed by atoms with Crippen molar-refractivity contribution in [2.24, 2.45) is 0 Å². The molecule has 6 heteroatoms. The van der Waals surface area contributed by atoms with Crippen molar-refractivity contribution in [3.63, 3.8) is 0 Å². The van der Waals surface area contributed by atoms with Gasteiger partial charge in [0.2, 0.25) is 0 Å². The van der Waals surface area contributed by atoms with E-state index in [1.165, 1.54) is 12.1 Å². The fraction of sp³-hybridized carbons (Fsp3) is 0. The Bertz CT molecular complexity index is 456. The van der Waals surface area contributed by atoms with Crippen molar-refractivity contribution < 1.29 is 4.92 Å². The lowest BCUT2D eigenvalue weighted by Crippen LogP contribution is -1.87. The van der Waals surface area contributed by atoms with Gasteiger partial charge in [-0.05, 0) is 5.56 Å². The lowest BCUT2D eigenvalue weighted by atomic mass is 10.1. The molecule has 0 spiro atoms. The highest BCUT2D eigenvalue weighted by atomic mass is 35.5. The van der Waals surface area contributed by atoms with Crippen molar-refractivity contribution in [3.05, 3.63) is 46.8 Å². The van der Waals surface area contributed by atoms with Crippen molar-refractivity contribution in [1.82, 2.24) is 10.2 Å². The lowest BCUT2D eigenvalue weighted by molar-refractivity contribution is -0.384. The number of rotatable bonds is 2. The van der Waals surface area contributed by atoms with Crippen LogP contribution in [0.1, 0.15) is 0 Å². The molecule has 0 saturated heterocycles. The first-order valence-corrected chi connectivity index (χ1v) is 4.01. The smallest absolute Gasteiger partial charge is 0.270 e. The molecule has 1 heterocycles. The second kappa shape index (κ2) is 4.56. The Balaban J connectivity index is 0.00000112. The summed E-state index contributed by atoms with van der Waals surface area (Å²) >= 11 is 0. The monoisotopic (exact) mass is 225 g/mol. The number of hydrogen-bond acceptors (Lipinski definition) is 3. The van der Waals surface area contributed by atoms with E-state index in [4.69, 9.17) is 0 Å². The molecule has 2 rings (SSSR count). The molecule has 0 unspecified atom stereocenters. The van der Waals surface area contributed by atoms with E-state index in [2.05, 4.69) is 10.2 Å². The number of non-ortho nitro benzene ring substituents is 1. The van der Waals surface area contributed by atoms with Crippen LogP contribution in [0.5, 0.6) is 0 Å². The number of nitrogens with zero attached hydrogens (tertiary/aromatic N) is 2. The van der Waals surface area contributed by atoms with Crippen molar-refractivity contribution in [1.29, 1.82) is 0 Å². The molecule has 5 nitrogen and oxygen atoms in total. The fourth-order valence-electron chi connectivity index (χ4n) is 1.21. The zero-order valence-electron chi connectivity index (χ0n) is 7.58. The molecular formula is C9H8ClN3O2. The number of H-pyrrole nitrogens is 1. The average Bonchev–Trinajstić information content (AvgIpc) is 2.71. The van der Waals surface area contributed by atoms with Crippen LogP contribution in [0, 0.1) is 10.1 Å². The van der Waals surface area contributed by atoms with Gasteiger partial charge in [0.1, 0.15) is 0 Å². The first-order chi connectivity index (χ1) is 6.77. The van der Waals surface area contributed by atoms with Crippen molar-refractivity contribution in [2.75, 3.05) is 0 Å².